The van der Waals surface area contributed by atoms with Crippen molar-refractivity contribution >= 4 is 11.8 Å². The van der Waals surface area contributed by atoms with Crippen molar-refractivity contribution in [3.05, 3.63) is 23.9 Å². The van der Waals surface area contributed by atoms with Crippen LogP contribution in [0, 0.1) is 0 Å². The highest BCUT2D eigenvalue weighted by molar-refractivity contribution is 7.98. The number of unbranched alkanes of at least 4 members (excludes halogenated alkanes) is 1. The second kappa shape index (κ2) is 8.42. The summed E-state index contributed by atoms with van der Waals surface area (Å²) in [5.74, 6) is 1.97. The van der Waals surface area contributed by atoms with Crippen LogP contribution in [0.5, 0.6) is 5.88 Å². The van der Waals surface area contributed by atoms with E-state index in [0.717, 1.165) is 24.5 Å². The molecule has 0 aliphatic heterocycles. The van der Waals surface area contributed by atoms with Crippen molar-refractivity contribution in [3.63, 3.8) is 0 Å². The Labute approximate surface area is 102 Å². The van der Waals surface area contributed by atoms with Crippen molar-refractivity contribution in [1.82, 2.24) is 10.3 Å². The van der Waals surface area contributed by atoms with E-state index in [1.165, 1.54) is 18.6 Å². The zero-order valence-corrected chi connectivity index (χ0v) is 10.8. The summed E-state index contributed by atoms with van der Waals surface area (Å²) in [7, 11) is 1.66. The van der Waals surface area contributed by atoms with Crippen molar-refractivity contribution in [2.24, 2.45) is 0 Å². The minimum Gasteiger partial charge on any atom is -0.481 e. The van der Waals surface area contributed by atoms with Gasteiger partial charge in [-0.05, 0) is 37.5 Å². The van der Waals surface area contributed by atoms with Crippen LogP contribution in [0.15, 0.2) is 18.3 Å². The molecular weight excluding hydrogens is 220 g/mol. The number of thioether (sulfide) groups is 1. The summed E-state index contributed by atoms with van der Waals surface area (Å²) in [4.78, 5) is 4.16. The fourth-order valence-corrected chi connectivity index (χ4v) is 1.95. The lowest BCUT2D eigenvalue weighted by Gasteiger charge is -2.07. The molecule has 1 aromatic rings. The van der Waals surface area contributed by atoms with Gasteiger partial charge in [0.1, 0.15) is 0 Å². The Hall–Kier alpha value is -0.740. The number of methoxy groups -OCH3 is 1. The molecule has 0 spiro atoms. The van der Waals surface area contributed by atoms with Gasteiger partial charge in [0.05, 0.1) is 7.11 Å². The van der Waals surface area contributed by atoms with E-state index in [1.807, 2.05) is 23.9 Å². The third kappa shape index (κ3) is 4.86. The highest BCUT2D eigenvalue weighted by Gasteiger charge is 2.01. The molecule has 1 heterocycles. The minimum atomic E-state index is 0.721. The van der Waals surface area contributed by atoms with Crippen LogP contribution in [0.1, 0.15) is 18.4 Å². The first-order valence-corrected chi connectivity index (χ1v) is 6.95. The van der Waals surface area contributed by atoms with Crippen LogP contribution in [0.3, 0.4) is 0 Å². The van der Waals surface area contributed by atoms with Gasteiger partial charge in [-0.15, -0.1) is 0 Å². The number of pyridine rings is 1. The molecule has 0 saturated carbocycles. The lowest BCUT2D eigenvalue weighted by Crippen LogP contribution is -2.15. The van der Waals surface area contributed by atoms with Crippen LogP contribution in [0.2, 0.25) is 0 Å². The zero-order chi connectivity index (χ0) is 11.6. The van der Waals surface area contributed by atoms with E-state index in [-0.39, 0.29) is 0 Å². The van der Waals surface area contributed by atoms with Crippen molar-refractivity contribution in [3.8, 4) is 5.88 Å². The molecule has 0 radical (unpaired) electrons. The molecule has 16 heavy (non-hydrogen) atoms. The molecule has 90 valence electrons. The SMILES string of the molecule is COc1ncccc1CNCCCCSC. The van der Waals surface area contributed by atoms with Gasteiger partial charge in [-0.1, -0.05) is 6.07 Å². The average Bonchev–Trinajstić information content (AvgIpc) is 2.34. The number of rotatable bonds is 8. The third-order valence-electron chi connectivity index (χ3n) is 2.31. The summed E-state index contributed by atoms with van der Waals surface area (Å²) in [6.45, 7) is 1.88. The van der Waals surface area contributed by atoms with E-state index in [2.05, 4.69) is 16.6 Å². The smallest absolute Gasteiger partial charge is 0.217 e. The molecule has 0 saturated heterocycles. The van der Waals surface area contributed by atoms with Crippen molar-refractivity contribution in [2.45, 2.75) is 19.4 Å². The van der Waals surface area contributed by atoms with E-state index in [4.69, 9.17) is 4.74 Å². The fraction of sp³-hybridized carbons (Fsp3) is 0.583. The maximum absolute atomic E-state index is 5.19. The number of ether oxygens (including phenoxy) is 1. The van der Waals surface area contributed by atoms with Gasteiger partial charge in [0.25, 0.3) is 0 Å². The van der Waals surface area contributed by atoms with Gasteiger partial charge in [0, 0.05) is 18.3 Å². The summed E-state index contributed by atoms with van der Waals surface area (Å²) in [6.07, 6.45) is 6.40. The van der Waals surface area contributed by atoms with Gasteiger partial charge >= 0.3 is 0 Å². The van der Waals surface area contributed by atoms with Gasteiger partial charge in [-0.2, -0.15) is 11.8 Å². The van der Waals surface area contributed by atoms with Crippen molar-refractivity contribution in [2.75, 3.05) is 25.7 Å². The molecule has 0 amide bonds. The molecule has 1 aromatic heterocycles. The highest BCUT2D eigenvalue weighted by atomic mass is 32.2. The first-order valence-electron chi connectivity index (χ1n) is 5.56. The normalized spacial score (nSPS) is 10.4. The molecule has 0 atom stereocenters. The van der Waals surface area contributed by atoms with Crippen LogP contribution < -0.4 is 10.1 Å². The molecule has 1 N–H and O–H groups in total. The number of hydrogen-bond donors (Lipinski definition) is 1. The molecule has 0 bridgehead atoms. The predicted octanol–water partition coefficient (Wildman–Crippen LogP) is 2.32. The number of hydrogen-bond acceptors (Lipinski definition) is 4. The summed E-state index contributed by atoms with van der Waals surface area (Å²) in [5.41, 5.74) is 1.12. The van der Waals surface area contributed by atoms with Crippen LogP contribution in [-0.2, 0) is 6.54 Å². The Kier molecular flexibility index (Phi) is 7.01. The van der Waals surface area contributed by atoms with Gasteiger partial charge in [-0.3, -0.25) is 0 Å². The van der Waals surface area contributed by atoms with Crippen molar-refractivity contribution in [1.29, 1.82) is 0 Å². The van der Waals surface area contributed by atoms with E-state index < -0.39 is 0 Å². The van der Waals surface area contributed by atoms with Crippen LogP contribution >= 0.6 is 11.8 Å². The minimum absolute atomic E-state index is 0.721. The lowest BCUT2D eigenvalue weighted by molar-refractivity contribution is 0.390. The molecular formula is C12H20N2OS. The van der Waals surface area contributed by atoms with Gasteiger partial charge in [0.2, 0.25) is 5.88 Å². The van der Waals surface area contributed by atoms with Crippen LogP contribution in [-0.4, -0.2) is 30.6 Å². The average molecular weight is 240 g/mol. The summed E-state index contributed by atoms with van der Waals surface area (Å²) >= 11 is 1.90. The second-order valence-corrected chi connectivity index (χ2v) is 4.53. The number of nitrogens with zero attached hydrogens (tertiary/aromatic N) is 1. The van der Waals surface area contributed by atoms with Crippen LogP contribution in [0.4, 0.5) is 0 Å². The fourth-order valence-electron chi connectivity index (χ4n) is 1.46. The highest BCUT2D eigenvalue weighted by Crippen LogP contribution is 2.12. The topological polar surface area (TPSA) is 34.1 Å². The Bertz CT molecular complexity index is 294. The Morgan fingerprint density at radius 3 is 3.06 bits per heavy atom. The lowest BCUT2D eigenvalue weighted by atomic mass is 10.2. The Morgan fingerprint density at radius 2 is 2.31 bits per heavy atom. The zero-order valence-electron chi connectivity index (χ0n) is 10.0. The van der Waals surface area contributed by atoms with Gasteiger partial charge < -0.3 is 10.1 Å². The molecule has 4 heteroatoms. The summed E-state index contributed by atoms with van der Waals surface area (Å²) < 4.78 is 5.19. The maximum atomic E-state index is 5.19. The molecule has 1 rings (SSSR count). The van der Waals surface area contributed by atoms with E-state index >= 15 is 0 Å². The van der Waals surface area contributed by atoms with Gasteiger partial charge in [0.15, 0.2) is 0 Å². The summed E-state index contributed by atoms with van der Waals surface area (Å²) in [6, 6.07) is 3.98. The standard InChI is InChI=1S/C12H20N2OS/c1-15-12-11(6-5-8-14-12)10-13-7-3-4-9-16-2/h5-6,8,13H,3-4,7,9-10H2,1-2H3. The Balaban J connectivity index is 2.21. The maximum Gasteiger partial charge on any atom is 0.217 e. The molecule has 3 nitrogen and oxygen atoms in total. The summed E-state index contributed by atoms with van der Waals surface area (Å²) in [5, 5.41) is 3.41. The molecule has 0 fully saturated rings. The molecule has 0 aliphatic carbocycles. The number of nitrogens with one attached hydrogen (secondary N) is 1. The number of aromatic nitrogens is 1. The molecule has 0 unspecified atom stereocenters. The first kappa shape index (κ1) is 13.3. The van der Waals surface area contributed by atoms with E-state index in [1.54, 1.807) is 13.3 Å². The van der Waals surface area contributed by atoms with Crippen LogP contribution in [0.25, 0.3) is 0 Å². The quantitative estimate of drug-likeness (QED) is 0.707. The predicted molar refractivity (Wildman–Crippen MR) is 70.1 cm³/mol. The Morgan fingerprint density at radius 1 is 1.44 bits per heavy atom. The monoisotopic (exact) mass is 240 g/mol. The molecule has 0 aromatic carbocycles. The second-order valence-electron chi connectivity index (χ2n) is 3.55. The molecule has 0 aliphatic rings. The van der Waals surface area contributed by atoms with Crippen molar-refractivity contribution < 1.29 is 4.74 Å². The largest absolute Gasteiger partial charge is 0.481 e. The van der Waals surface area contributed by atoms with E-state index in [0.29, 0.717) is 0 Å². The van der Waals surface area contributed by atoms with E-state index in [9.17, 15) is 0 Å². The van der Waals surface area contributed by atoms with Gasteiger partial charge in [-0.25, -0.2) is 4.98 Å². The first-order chi connectivity index (χ1) is 7.88. The third-order valence-corrected chi connectivity index (χ3v) is 3.01.